The van der Waals surface area contributed by atoms with Crippen LogP contribution in [0.4, 0.5) is 0 Å². The fourth-order valence-corrected chi connectivity index (χ4v) is 6.03. The highest BCUT2D eigenvalue weighted by atomic mass is 16.7. The first kappa shape index (κ1) is 36.5. The Bertz CT molecular complexity index is 800. The van der Waals surface area contributed by atoms with Gasteiger partial charge in [-0.25, -0.2) is 0 Å². The minimum absolute atomic E-state index is 0.0309. The summed E-state index contributed by atoms with van der Waals surface area (Å²) in [5, 5.41) is 6.14. The highest BCUT2D eigenvalue weighted by Gasteiger charge is 2.45. The van der Waals surface area contributed by atoms with E-state index in [1.807, 2.05) is 13.8 Å². The van der Waals surface area contributed by atoms with Crippen LogP contribution in [0.15, 0.2) is 0 Å². The highest BCUT2D eigenvalue weighted by molar-refractivity contribution is 5.82. The maximum atomic E-state index is 13.5. The maximum Gasteiger partial charge on any atom is 0.307 e. The molecule has 0 spiro atoms. The zero-order valence-electron chi connectivity index (χ0n) is 27.7. The number of ether oxygens (including phenoxy) is 3. The fraction of sp³-hybridized carbons (Fsp3) is 0.912. The van der Waals surface area contributed by atoms with Crippen molar-refractivity contribution in [3.05, 3.63) is 0 Å². The summed E-state index contributed by atoms with van der Waals surface area (Å²) >= 11 is 0. The van der Waals surface area contributed by atoms with Crippen LogP contribution in [-0.2, 0) is 28.6 Å². The van der Waals surface area contributed by atoms with E-state index in [0.717, 1.165) is 51.4 Å². The lowest BCUT2D eigenvalue weighted by molar-refractivity contribution is -0.304. The highest BCUT2D eigenvalue weighted by Crippen LogP contribution is 2.35. The number of amides is 2. The van der Waals surface area contributed by atoms with Crippen molar-refractivity contribution >= 4 is 17.8 Å². The predicted octanol–water partition coefficient (Wildman–Crippen LogP) is 6.98. The normalized spacial score (nSPS) is 23.4. The molecule has 0 bridgehead atoms. The van der Waals surface area contributed by atoms with Crippen LogP contribution in [0.5, 0.6) is 0 Å². The monoisotopic (exact) mass is 594 g/mol. The lowest BCUT2D eigenvalue weighted by atomic mass is 9.85. The van der Waals surface area contributed by atoms with Crippen molar-refractivity contribution in [2.75, 3.05) is 13.2 Å². The van der Waals surface area contributed by atoms with E-state index in [-0.39, 0.29) is 48.8 Å². The van der Waals surface area contributed by atoms with Gasteiger partial charge in [-0.05, 0) is 46.0 Å². The van der Waals surface area contributed by atoms with E-state index in [1.165, 1.54) is 51.4 Å². The molecule has 2 aliphatic rings. The van der Waals surface area contributed by atoms with Crippen molar-refractivity contribution in [1.29, 1.82) is 0 Å². The van der Waals surface area contributed by atoms with E-state index in [0.29, 0.717) is 6.61 Å². The van der Waals surface area contributed by atoms with E-state index in [1.54, 1.807) is 13.8 Å². The molecule has 2 unspecified atom stereocenters. The van der Waals surface area contributed by atoms with Crippen molar-refractivity contribution in [2.45, 2.75) is 175 Å². The van der Waals surface area contributed by atoms with Gasteiger partial charge in [-0.3, -0.25) is 14.4 Å². The molecule has 2 amide bonds. The van der Waals surface area contributed by atoms with E-state index >= 15 is 0 Å². The zero-order chi connectivity index (χ0) is 31.0. The summed E-state index contributed by atoms with van der Waals surface area (Å²) < 4.78 is 17.5. The fourth-order valence-electron chi connectivity index (χ4n) is 6.03. The molecule has 2 fully saturated rings. The number of nitrogens with one attached hydrogen (secondary N) is 2. The zero-order valence-corrected chi connectivity index (χ0v) is 27.7. The third-order valence-corrected chi connectivity index (χ3v) is 8.77. The van der Waals surface area contributed by atoms with E-state index in [2.05, 4.69) is 24.5 Å². The first-order valence-corrected chi connectivity index (χ1v) is 17.1. The number of hydrogen-bond donors (Lipinski definition) is 2. The first-order chi connectivity index (χ1) is 20.0. The van der Waals surface area contributed by atoms with Crippen LogP contribution in [-0.4, -0.2) is 55.0 Å². The van der Waals surface area contributed by atoms with Crippen LogP contribution in [0.3, 0.4) is 0 Å². The van der Waals surface area contributed by atoms with Crippen molar-refractivity contribution in [3.8, 4) is 0 Å². The van der Waals surface area contributed by atoms with Crippen LogP contribution >= 0.6 is 0 Å². The molecule has 0 aromatic rings. The largest absolute Gasteiger partial charge is 0.460 e. The summed E-state index contributed by atoms with van der Waals surface area (Å²) in [6, 6.07) is -0.147. The Hall–Kier alpha value is -1.67. The van der Waals surface area contributed by atoms with Crippen molar-refractivity contribution < 1.29 is 28.6 Å². The molecule has 1 saturated carbocycles. The second kappa shape index (κ2) is 18.9. The van der Waals surface area contributed by atoms with Crippen molar-refractivity contribution in [1.82, 2.24) is 10.6 Å². The Labute approximate surface area is 256 Å². The summed E-state index contributed by atoms with van der Waals surface area (Å²) in [7, 11) is 0. The predicted molar refractivity (Wildman–Crippen MR) is 167 cm³/mol. The molecule has 1 heterocycles. The number of esters is 1. The van der Waals surface area contributed by atoms with Gasteiger partial charge in [-0.15, -0.1) is 0 Å². The van der Waals surface area contributed by atoms with Gasteiger partial charge in [-0.2, -0.15) is 0 Å². The molecule has 0 aromatic carbocycles. The van der Waals surface area contributed by atoms with Gasteiger partial charge in [-0.1, -0.05) is 98.3 Å². The summed E-state index contributed by atoms with van der Waals surface area (Å²) in [4.78, 5) is 39.1. The summed E-state index contributed by atoms with van der Waals surface area (Å²) in [5.74, 6) is -1.27. The average Bonchev–Trinajstić information content (AvgIpc) is 2.94. The second-order valence-electron chi connectivity index (χ2n) is 13.7. The van der Waals surface area contributed by atoms with Gasteiger partial charge in [0, 0.05) is 17.9 Å². The molecule has 3 atom stereocenters. The van der Waals surface area contributed by atoms with Gasteiger partial charge in [0.05, 0.1) is 19.1 Å². The van der Waals surface area contributed by atoms with Crippen LogP contribution < -0.4 is 10.6 Å². The van der Waals surface area contributed by atoms with Gasteiger partial charge in [0.1, 0.15) is 12.2 Å². The number of hydrogen-bond acceptors (Lipinski definition) is 6. The smallest absolute Gasteiger partial charge is 0.307 e. The molecule has 2 rings (SSSR count). The third kappa shape index (κ3) is 13.3. The lowest BCUT2D eigenvalue weighted by Crippen LogP contribution is -2.56. The molecule has 1 aliphatic carbocycles. The molecular formula is C34H62N2O6. The Morgan fingerprint density at radius 3 is 2.07 bits per heavy atom. The van der Waals surface area contributed by atoms with Gasteiger partial charge in [0.15, 0.2) is 5.79 Å². The Kier molecular flexibility index (Phi) is 16.4. The number of rotatable bonds is 19. The van der Waals surface area contributed by atoms with Gasteiger partial charge < -0.3 is 24.8 Å². The SMILES string of the molecule is CCCCCCCC(CCCCCCC)C(=O)NC1CCCC[C@@H]1OC(=O)CCNC(=O)C1OC(C)(C)OCC1(C)C. The van der Waals surface area contributed by atoms with Crippen LogP contribution in [0, 0.1) is 11.3 Å². The molecule has 1 saturated heterocycles. The Balaban J connectivity index is 1.85. The Morgan fingerprint density at radius 2 is 1.45 bits per heavy atom. The standard InChI is InChI=1S/C34H62N2O6/c1-7-9-11-13-15-19-26(20-16-14-12-10-8-2)31(38)36-27-21-17-18-22-28(27)41-29(37)23-24-35-32(39)30-33(3,4)25-40-34(5,6)42-30/h26-28,30H,7-25H2,1-6H3,(H,35,39)(H,36,38)/t27?,28-,30?/m0/s1. The van der Waals surface area contributed by atoms with Gasteiger partial charge >= 0.3 is 5.97 Å². The molecule has 1 aliphatic heterocycles. The van der Waals surface area contributed by atoms with Gasteiger partial charge in [0.25, 0.3) is 0 Å². The lowest BCUT2D eigenvalue weighted by Gasteiger charge is -2.44. The molecular weight excluding hydrogens is 532 g/mol. The van der Waals surface area contributed by atoms with Crippen molar-refractivity contribution in [3.63, 3.8) is 0 Å². The van der Waals surface area contributed by atoms with Crippen LogP contribution in [0.25, 0.3) is 0 Å². The molecule has 0 radical (unpaired) electrons. The number of carbonyl (C=O) groups excluding carboxylic acids is 3. The average molecular weight is 595 g/mol. The Morgan fingerprint density at radius 1 is 0.857 bits per heavy atom. The van der Waals surface area contributed by atoms with Crippen molar-refractivity contribution in [2.24, 2.45) is 11.3 Å². The molecule has 42 heavy (non-hydrogen) atoms. The number of carbonyl (C=O) groups is 3. The summed E-state index contributed by atoms with van der Waals surface area (Å²) in [6.45, 7) is 12.5. The maximum absolute atomic E-state index is 13.5. The quantitative estimate of drug-likeness (QED) is 0.124. The molecule has 2 N–H and O–H groups in total. The molecule has 244 valence electrons. The first-order valence-electron chi connectivity index (χ1n) is 17.1. The van der Waals surface area contributed by atoms with Crippen LogP contribution in [0.1, 0.15) is 151 Å². The van der Waals surface area contributed by atoms with Crippen LogP contribution in [0.2, 0.25) is 0 Å². The minimum atomic E-state index is -0.833. The van der Waals surface area contributed by atoms with Gasteiger partial charge in [0.2, 0.25) is 11.8 Å². The second-order valence-corrected chi connectivity index (χ2v) is 13.7. The minimum Gasteiger partial charge on any atom is -0.460 e. The molecule has 8 heteroatoms. The topological polar surface area (TPSA) is 103 Å². The summed E-state index contributed by atoms with van der Waals surface area (Å²) in [6.07, 6.45) is 16.5. The molecule has 8 nitrogen and oxygen atoms in total. The van der Waals surface area contributed by atoms with E-state index in [9.17, 15) is 14.4 Å². The number of unbranched alkanes of at least 4 members (excludes halogenated alkanes) is 8. The molecule has 0 aromatic heterocycles. The van der Waals surface area contributed by atoms with E-state index in [4.69, 9.17) is 14.2 Å². The third-order valence-electron chi connectivity index (χ3n) is 8.77. The van der Waals surface area contributed by atoms with E-state index < -0.39 is 17.3 Å². The summed E-state index contributed by atoms with van der Waals surface area (Å²) in [5.41, 5.74) is -0.476.